The first-order valence-corrected chi connectivity index (χ1v) is 8.22. The number of aliphatic hydroxyl groups is 1. The van der Waals surface area contributed by atoms with Crippen molar-refractivity contribution in [3.8, 4) is 0 Å². The fourth-order valence-corrected chi connectivity index (χ4v) is 3.61. The summed E-state index contributed by atoms with van der Waals surface area (Å²) >= 11 is 1.80. The first kappa shape index (κ1) is 14.7. The van der Waals surface area contributed by atoms with Gasteiger partial charge in [-0.15, -0.1) is 11.3 Å². The largest absolute Gasteiger partial charge is 0.396 e. The molecule has 1 N–H and O–H groups in total. The zero-order valence-corrected chi connectivity index (χ0v) is 12.8. The molecule has 114 valence electrons. The topological polar surface area (TPSA) is 52.7 Å². The highest BCUT2D eigenvalue weighted by atomic mass is 32.1. The summed E-state index contributed by atoms with van der Waals surface area (Å²) in [6.07, 6.45) is 2.44. The van der Waals surface area contributed by atoms with Gasteiger partial charge in [0.25, 0.3) is 0 Å². The lowest BCUT2D eigenvalue weighted by Gasteiger charge is -2.41. The van der Waals surface area contributed by atoms with Gasteiger partial charge in [0.1, 0.15) is 6.26 Å². The molecule has 0 unspecified atom stereocenters. The standard InChI is InChI=1S/C15H21N3O2S/c19-7-3-14-11-17(10-13-4-8-20-16-13)5-6-18(14)12-15-2-1-9-21-15/h1-2,4,8-9,14,19H,3,5-7,10-12H2/t14-/m1/s1. The van der Waals surface area contributed by atoms with Gasteiger partial charge in [0.05, 0.1) is 5.69 Å². The molecule has 1 aliphatic rings. The Kier molecular flexibility index (Phi) is 5.03. The van der Waals surface area contributed by atoms with Crippen LogP contribution in [0.2, 0.25) is 0 Å². The maximum Gasteiger partial charge on any atom is 0.124 e. The molecule has 21 heavy (non-hydrogen) atoms. The third-order valence-corrected chi connectivity index (χ3v) is 4.83. The van der Waals surface area contributed by atoms with Crippen LogP contribution in [0.5, 0.6) is 0 Å². The molecule has 1 atom stereocenters. The Bertz CT molecular complexity index is 515. The van der Waals surface area contributed by atoms with E-state index in [9.17, 15) is 5.11 Å². The molecule has 1 fully saturated rings. The maximum atomic E-state index is 9.34. The number of nitrogens with zero attached hydrogens (tertiary/aromatic N) is 3. The van der Waals surface area contributed by atoms with Crippen LogP contribution in [-0.2, 0) is 13.1 Å². The number of thiophene rings is 1. The van der Waals surface area contributed by atoms with Gasteiger partial charge < -0.3 is 9.63 Å². The second kappa shape index (κ2) is 7.17. The number of hydrogen-bond acceptors (Lipinski definition) is 6. The second-order valence-corrected chi connectivity index (χ2v) is 6.47. The van der Waals surface area contributed by atoms with Crippen LogP contribution in [0, 0.1) is 0 Å². The third-order valence-electron chi connectivity index (χ3n) is 3.97. The lowest BCUT2D eigenvalue weighted by atomic mass is 10.1. The molecule has 0 spiro atoms. The first-order valence-electron chi connectivity index (χ1n) is 7.34. The van der Waals surface area contributed by atoms with Gasteiger partial charge in [0.2, 0.25) is 0 Å². The fraction of sp³-hybridized carbons (Fsp3) is 0.533. The maximum absolute atomic E-state index is 9.34. The fourth-order valence-electron chi connectivity index (χ4n) is 2.88. The average molecular weight is 307 g/mol. The van der Waals surface area contributed by atoms with E-state index in [2.05, 4.69) is 32.5 Å². The number of hydrogen-bond donors (Lipinski definition) is 1. The summed E-state index contributed by atoms with van der Waals surface area (Å²) in [5.74, 6) is 0. The van der Waals surface area contributed by atoms with E-state index in [1.165, 1.54) is 4.88 Å². The molecular weight excluding hydrogens is 286 g/mol. The van der Waals surface area contributed by atoms with E-state index < -0.39 is 0 Å². The molecule has 2 aromatic heterocycles. The van der Waals surface area contributed by atoms with Crippen molar-refractivity contribution in [3.63, 3.8) is 0 Å². The monoisotopic (exact) mass is 307 g/mol. The highest BCUT2D eigenvalue weighted by Gasteiger charge is 2.27. The van der Waals surface area contributed by atoms with Gasteiger partial charge in [-0.1, -0.05) is 11.2 Å². The Hall–Kier alpha value is -1.21. The van der Waals surface area contributed by atoms with Crippen molar-refractivity contribution in [1.29, 1.82) is 0 Å². The minimum Gasteiger partial charge on any atom is -0.396 e. The van der Waals surface area contributed by atoms with Crippen molar-refractivity contribution >= 4 is 11.3 Å². The van der Waals surface area contributed by atoms with Crippen LogP contribution in [0.3, 0.4) is 0 Å². The van der Waals surface area contributed by atoms with Gasteiger partial charge in [0, 0.05) is 56.3 Å². The van der Waals surface area contributed by atoms with Gasteiger partial charge >= 0.3 is 0 Å². The normalized spacial score (nSPS) is 20.9. The predicted molar refractivity (Wildman–Crippen MR) is 82.0 cm³/mol. The van der Waals surface area contributed by atoms with Crippen molar-refractivity contribution in [2.75, 3.05) is 26.2 Å². The van der Waals surface area contributed by atoms with E-state index in [1.807, 2.05) is 6.07 Å². The number of aromatic nitrogens is 1. The Morgan fingerprint density at radius 2 is 2.29 bits per heavy atom. The SMILES string of the molecule is OCC[C@@H]1CN(Cc2ccon2)CCN1Cc1cccs1. The van der Waals surface area contributed by atoms with E-state index in [0.29, 0.717) is 6.04 Å². The number of rotatable bonds is 6. The van der Waals surface area contributed by atoms with Crippen LogP contribution in [0.1, 0.15) is 17.0 Å². The van der Waals surface area contributed by atoms with Gasteiger partial charge in [0.15, 0.2) is 0 Å². The molecular formula is C15H21N3O2S. The van der Waals surface area contributed by atoms with Crippen LogP contribution >= 0.6 is 11.3 Å². The molecule has 3 heterocycles. The zero-order chi connectivity index (χ0) is 14.5. The summed E-state index contributed by atoms with van der Waals surface area (Å²) in [6.45, 7) is 5.08. The van der Waals surface area contributed by atoms with E-state index in [1.54, 1.807) is 17.6 Å². The minimum absolute atomic E-state index is 0.239. The highest BCUT2D eigenvalue weighted by molar-refractivity contribution is 7.09. The van der Waals surface area contributed by atoms with Crippen LogP contribution in [-0.4, -0.2) is 52.3 Å². The van der Waals surface area contributed by atoms with Gasteiger partial charge in [-0.3, -0.25) is 9.80 Å². The van der Waals surface area contributed by atoms with Crippen LogP contribution in [0.15, 0.2) is 34.4 Å². The molecule has 0 bridgehead atoms. The van der Waals surface area contributed by atoms with Crippen molar-refractivity contribution in [2.24, 2.45) is 0 Å². The first-order chi connectivity index (χ1) is 10.3. The summed E-state index contributed by atoms with van der Waals surface area (Å²) in [6, 6.07) is 6.60. The Morgan fingerprint density at radius 1 is 1.33 bits per heavy atom. The smallest absolute Gasteiger partial charge is 0.124 e. The molecule has 1 aliphatic heterocycles. The summed E-state index contributed by atoms with van der Waals surface area (Å²) in [5.41, 5.74) is 0.976. The predicted octanol–water partition coefficient (Wildman–Crippen LogP) is 1.80. The van der Waals surface area contributed by atoms with Crippen molar-refractivity contribution < 1.29 is 9.63 Å². The van der Waals surface area contributed by atoms with Crippen molar-refractivity contribution in [3.05, 3.63) is 40.4 Å². The highest BCUT2D eigenvalue weighted by Crippen LogP contribution is 2.20. The van der Waals surface area contributed by atoms with Gasteiger partial charge in [-0.05, 0) is 17.9 Å². The second-order valence-electron chi connectivity index (χ2n) is 5.44. The van der Waals surface area contributed by atoms with E-state index in [0.717, 1.165) is 44.8 Å². The minimum atomic E-state index is 0.239. The molecule has 0 aliphatic carbocycles. The lowest BCUT2D eigenvalue weighted by Crippen LogP contribution is -2.52. The van der Waals surface area contributed by atoms with Crippen LogP contribution < -0.4 is 0 Å². The van der Waals surface area contributed by atoms with Crippen molar-refractivity contribution in [2.45, 2.75) is 25.6 Å². The average Bonchev–Trinajstić information content (AvgIpc) is 3.15. The quantitative estimate of drug-likeness (QED) is 0.882. The Morgan fingerprint density at radius 3 is 3.00 bits per heavy atom. The lowest BCUT2D eigenvalue weighted by molar-refractivity contribution is 0.0496. The van der Waals surface area contributed by atoms with Gasteiger partial charge in [-0.25, -0.2) is 0 Å². The van der Waals surface area contributed by atoms with E-state index in [4.69, 9.17) is 4.52 Å². The summed E-state index contributed by atoms with van der Waals surface area (Å²) < 4.78 is 4.90. The summed E-state index contributed by atoms with van der Waals surface area (Å²) in [5, 5.41) is 15.4. The molecule has 5 nitrogen and oxygen atoms in total. The molecule has 6 heteroatoms. The summed E-state index contributed by atoms with van der Waals surface area (Å²) in [4.78, 5) is 6.27. The van der Waals surface area contributed by atoms with E-state index in [-0.39, 0.29) is 6.61 Å². The van der Waals surface area contributed by atoms with Crippen LogP contribution in [0.4, 0.5) is 0 Å². The van der Waals surface area contributed by atoms with Crippen LogP contribution in [0.25, 0.3) is 0 Å². The molecule has 0 aromatic carbocycles. The van der Waals surface area contributed by atoms with Crippen molar-refractivity contribution in [1.82, 2.24) is 15.0 Å². The third kappa shape index (κ3) is 3.91. The molecule has 3 rings (SSSR count). The zero-order valence-electron chi connectivity index (χ0n) is 12.0. The van der Waals surface area contributed by atoms with Gasteiger partial charge in [-0.2, -0.15) is 0 Å². The number of aliphatic hydroxyl groups excluding tert-OH is 1. The summed E-state index contributed by atoms with van der Waals surface area (Å²) in [7, 11) is 0. The van der Waals surface area contributed by atoms with E-state index >= 15 is 0 Å². The molecule has 2 aromatic rings. The molecule has 0 saturated carbocycles. The molecule has 0 radical (unpaired) electrons. The Balaban J connectivity index is 1.59. The number of piperazine rings is 1. The molecule has 1 saturated heterocycles. The molecule has 0 amide bonds. The Labute approximate surface area is 128 Å².